The first kappa shape index (κ1) is 15.0. The summed E-state index contributed by atoms with van der Waals surface area (Å²) < 4.78 is 28.9. The van der Waals surface area contributed by atoms with Gasteiger partial charge in [0.15, 0.2) is 0 Å². The largest absolute Gasteiger partial charge is 0.434 e. The number of alkyl halides is 2. The molecule has 0 bridgehead atoms. The summed E-state index contributed by atoms with van der Waals surface area (Å²) in [5, 5.41) is 12.0. The quantitative estimate of drug-likeness (QED) is 0.849. The molecule has 0 heterocycles. The van der Waals surface area contributed by atoms with Crippen LogP contribution in [0, 0.1) is 5.41 Å². The number of hydrogen-bond donors (Lipinski definition) is 2. The molecule has 0 atom stereocenters. The zero-order chi connectivity index (χ0) is 14.8. The highest BCUT2D eigenvalue weighted by atomic mass is 35.5. The lowest BCUT2D eigenvalue weighted by Gasteiger charge is -2.15. The fourth-order valence-corrected chi connectivity index (χ4v) is 1.98. The SMILES string of the molecule is O=C(NCC1(CO)CC1)c1cc(Cl)ccc1OC(F)F. The maximum atomic E-state index is 12.3. The molecule has 110 valence electrons. The molecule has 0 aromatic heterocycles. The van der Waals surface area contributed by atoms with Gasteiger partial charge >= 0.3 is 6.61 Å². The smallest absolute Gasteiger partial charge is 0.387 e. The summed E-state index contributed by atoms with van der Waals surface area (Å²) in [6.07, 6.45) is 1.67. The molecule has 1 aromatic rings. The normalized spacial score (nSPS) is 16.1. The van der Waals surface area contributed by atoms with Crippen LogP contribution in [-0.4, -0.2) is 30.8 Å². The molecule has 20 heavy (non-hydrogen) atoms. The van der Waals surface area contributed by atoms with E-state index in [0.717, 1.165) is 12.8 Å². The summed E-state index contributed by atoms with van der Waals surface area (Å²) in [6.45, 7) is -2.73. The average molecular weight is 306 g/mol. The molecule has 0 radical (unpaired) electrons. The summed E-state index contributed by atoms with van der Waals surface area (Å²) in [7, 11) is 0. The molecule has 1 fully saturated rings. The van der Waals surface area contributed by atoms with E-state index in [2.05, 4.69) is 10.1 Å². The van der Waals surface area contributed by atoms with Crippen LogP contribution in [0.4, 0.5) is 8.78 Å². The van der Waals surface area contributed by atoms with Crippen molar-refractivity contribution in [2.45, 2.75) is 19.5 Å². The van der Waals surface area contributed by atoms with Crippen LogP contribution in [0.2, 0.25) is 5.02 Å². The van der Waals surface area contributed by atoms with Gasteiger partial charge in [0.05, 0.1) is 12.2 Å². The number of benzene rings is 1. The Bertz CT molecular complexity index is 506. The molecular formula is C13H14ClF2NO3. The van der Waals surface area contributed by atoms with Crippen molar-refractivity contribution in [3.05, 3.63) is 28.8 Å². The van der Waals surface area contributed by atoms with E-state index in [1.807, 2.05) is 0 Å². The van der Waals surface area contributed by atoms with Crippen LogP contribution in [0.1, 0.15) is 23.2 Å². The molecule has 1 amide bonds. The van der Waals surface area contributed by atoms with E-state index in [0.29, 0.717) is 6.54 Å². The summed E-state index contributed by atoms with van der Waals surface area (Å²) in [5.41, 5.74) is -0.315. The first-order valence-electron chi connectivity index (χ1n) is 6.09. The Morgan fingerprint density at radius 2 is 2.20 bits per heavy atom. The molecule has 0 saturated heterocycles. The minimum Gasteiger partial charge on any atom is -0.434 e. The second-order valence-corrected chi connectivity index (χ2v) is 5.30. The van der Waals surface area contributed by atoms with Gasteiger partial charge in [0.1, 0.15) is 5.75 Å². The van der Waals surface area contributed by atoms with Gasteiger partial charge in [0, 0.05) is 17.0 Å². The molecule has 0 aliphatic heterocycles. The Balaban J connectivity index is 2.09. The topological polar surface area (TPSA) is 58.6 Å². The third-order valence-electron chi connectivity index (χ3n) is 3.32. The maximum absolute atomic E-state index is 12.3. The van der Waals surface area contributed by atoms with Gasteiger partial charge < -0.3 is 15.2 Å². The van der Waals surface area contributed by atoms with Gasteiger partial charge in [0.25, 0.3) is 5.91 Å². The van der Waals surface area contributed by atoms with Crippen molar-refractivity contribution in [1.82, 2.24) is 5.32 Å². The van der Waals surface area contributed by atoms with E-state index < -0.39 is 12.5 Å². The van der Waals surface area contributed by atoms with E-state index in [4.69, 9.17) is 16.7 Å². The molecule has 1 saturated carbocycles. The lowest BCUT2D eigenvalue weighted by atomic mass is 10.1. The minimum absolute atomic E-state index is 0.0107. The zero-order valence-corrected chi connectivity index (χ0v) is 11.3. The monoisotopic (exact) mass is 305 g/mol. The summed E-state index contributed by atoms with van der Waals surface area (Å²) >= 11 is 5.76. The predicted octanol–water partition coefficient (Wildman–Crippen LogP) is 2.44. The fraction of sp³-hybridized carbons (Fsp3) is 0.462. The molecule has 2 N–H and O–H groups in total. The molecule has 2 rings (SSSR count). The number of rotatable bonds is 6. The Morgan fingerprint density at radius 3 is 2.75 bits per heavy atom. The van der Waals surface area contributed by atoms with Gasteiger partial charge in [-0.05, 0) is 31.0 Å². The van der Waals surface area contributed by atoms with Crippen molar-refractivity contribution in [2.75, 3.05) is 13.2 Å². The van der Waals surface area contributed by atoms with Gasteiger partial charge in [-0.25, -0.2) is 0 Å². The van der Waals surface area contributed by atoms with E-state index in [9.17, 15) is 13.6 Å². The molecule has 4 nitrogen and oxygen atoms in total. The number of amides is 1. The number of aliphatic hydroxyl groups is 1. The van der Waals surface area contributed by atoms with Crippen LogP contribution in [0.5, 0.6) is 5.75 Å². The number of carbonyl (C=O) groups is 1. The van der Waals surface area contributed by atoms with E-state index in [-0.39, 0.29) is 28.4 Å². The number of halogens is 3. The summed E-state index contributed by atoms with van der Waals surface area (Å²) in [4.78, 5) is 12.0. The van der Waals surface area contributed by atoms with Crippen LogP contribution in [0.25, 0.3) is 0 Å². The Labute approximate surface area is 119 Å². The third-order valence-corrected chi connectivity index (χ3v) is 3.55. The van der Waals surface area contributed by atoms with Crippen molar-refractivity contribution in [1.29, 1.82) is 0 Å². The number of carbonyl (C=O) groups excluding carboxylic acids is 1. The van der Waals surface area contributed by atoms with Crippen LogP contribution in [0.15, 0.2) is 18.2 Å². The van der Waals surface area contributed by atoms with Crippen LogP contribution in [-0.2, 0) is 0 Å². The molecule has 1 aliphatic rings. The first-order valence-corrected chi connectivity index (χ1v) is 6.47. The Hall–Kier alpha value is -1.40. The Morgan fingerprint density at radius 1 is 1.50 bits per heavy atom. The molecule has 1 aromatic carbocycles. The number of ether oxygens (including phenoxy) is 1. The molecular weight excluding hydrogens is 292 g/mol. The van der Waals surface area contributed by atoms with Crippen molar-refractivity contribution in [2.24, 2.45) is 5.41 Å². The van der Waals surface area contributed by atoms with Crippen LogP contribution >= 0.6 is 11.6 Å². The van der Waals surface area contributed by atoms with Crippen molar-refractivity contribution < 1.29 is 23.4 Å². The fourth-order valence-electron chi connectivity index (χ4n) is 1.81. The van der Waals surface area contributed by atoms with Gasteiger partial charge in [-0.2, -0.15) is 8.78 Å². The zero-order valence-electron chi connectivity index (χ0n) is 10.5. The third kappa shape index (κ3) is 3.58. The maximum Gasteiger partial charge on any atom is 0.387 e. The molecule has 0 spiro atoms. The second kappa shape index (κ2) is 5.93. The lowest BCUT2D eigenvalue weighted by Crippen LogP contribution is -2.32. The second-order valence-electron chi connectivity index (χ2n) is 4.86. The van der Waals surface area contributed by atoms with E-state index in [1.54, 1.807) is 0 Å². The molecule has 7 heteroatoms. The van der Waals surface area contributed by atoms with Crippen molar-refractivity contribution in [3.63, 3.8) is 0 Å². The highest BCUT2D eigenvalue weighted by Crippen LogP contribution is 2.44. The number of hydrogen-bond acceptors (Lipinski definition) is 3. The summed E-state index contributed by atoms with van der Waals surface area (Å²) in [6, 6.07) is 3.86. The Kier molecular flexibility index (Phi) is 4.45. The van der Waals surface area contributed by atoms with Gasteiger partial charge in [0.2, 0.25) is 0 Å². The molecule has 1 aliphatic carbocycles. The number of nitrogens with one attached hydrogen (secondary N) is 1. The van der Waals surface area contributed by atoms with Gasteiger partial charge in [-0.15, -0.1) is 0 Å². The minimum atomic E-state index is -3.02. The summed E-state index contributed by atoms with van der Waals surface area (Å²) in [5.74, 6) is -0.779. The lowest BCUT2D eigenvalue weighted by molar-refractivity contribution is -0.0501. The first-order chi connectivity index (χ1) is 9.46. The van der Waals surface area contributed by atoms with Crippen LogP contribution < -0.4 is 10.1 Å². The highest BCUT2D eigenvalue weighted by Gasteiger charge is 2.42. The highest BCUT2D eigenvalue weighted by molar-refractivity contribution is 6.31. The number of aliphatic hydroxyl groups excluding tert-OH is 1. The van der Waals surface area contributed by atoms with E-state index >= 15 is 0 Å². The standard InChI is InChI=1S/C13H14ClF2NO3/c14-8-1-2-10(20-12(15)16)9(5-8)11(19)17-6-13(7-18)3-4-13/h1-2,5,12,18H,3-4,6-7H2,(H,17,19). The predicted molar refractivity (Wildman–Crippen MR) is 69.2 cm³/mol. The van der Waals surface area contributed by atoms with Crippen molar-refractivity contribution >= 4 is 17.5 Å². The van der Waals surface area contributed by atoms with Crippen LogP contribution in [0.3, 0.4) is 0 Å². The van der Waals surface area contributed by atoms with Crippen molar-refractivity contribution in [3.8, 4) is 5.75 Å². The average Bonchev–Trinajstić information content (AvgIpc) is 3.18. The van der Waals surface area contributed by atoms with Gasteiger partial charge in [-0.3, -0.25) is 4.79 Å². The molecule has 0 unspecified atom stereocenters. The van der Waals surface area contributed by atoms with E-state index in [1.165, 1.54) is 18.2 Å². The van der Waals surface area contributed by atoms with Gasteiger partial charge in [-0.1, -0.05) is 11.6 Å².